The van der Waals surface area contributed by atoms with E-state index in [1.54, 1.807) is 15.9 Å². The lowest BCUT2D eigenvalue weighted by molar-refractivity contribution is -0.122. The summed E-state index contributed by atoms with van der Waals surface area (Å²) in [5, 5.41) is 3.90. The third-order valence-corrected chi connectivity index (χ3v) is 7.07. The third kappa shape index (κ3) is 4.01. The smallest absolute Gasteiger partial charge is 0.263 e. The maximum Gasteiger partial charge on any atom is 0.263 e. The molecule has 0 spiro atoms. The summed E-state index contributed by atoms with van der Waals surface area (Å²) >= 11 is 1.67. The molecule has 0 unspecified atom stereocenters. The van der Waals surface area contributed by atoms with E-state index in [2.05, 4.69) is 5.32 Å². The summed E-state index contributed by atoms with van der Waals surface area (Å²) in [5.74, 6) is 0.610. The maximum atomic E-state index is 13.4. The minimum absolute atomic E-state index is 0.0416. The number of carbonyl (C=O) groups excluding carboxylic acids is 1. The lowest BCUT2D eigenvalue weighted by Crippen LogP contribution is -2.41. The molecule has 2 aromatic heterocycles. The number of aromatic nitrogens is 2. The van der Waals surface area contributed by atoms with Crippen molar-refractivity contribution in [3.8, 4) is 0 Å². The van der Waals surface area contributed by atoms with Crippen molar-refractivity contribution in [3.63, 3.8) is 0 Å². The number of hydrogen-bond donors (Lipinski definition) is 1. The molecule has 0 saturated heterocycles. The second-order valence-corrected chi connectivity index (χ2v) is 9.53. The number of rotatable bonds is 5. The monoisotopic (exact) mass is 402 g/mol. The molecular formula is C21H30N4O2S. The van der Waals surface area contributed by atoms with Gasteiger partial charge in [-0.1, -0.05) is 19.3 Å². The quantitative estimate of drug-likeness (QED) is 0.835. The molecule has 0 aliphatic heterocycles. The van der Waals surface area contributed by atoms with Gasteiger partial charge in [-0.05, 0) is 58.2 Å². The Labute approximate surface area is 169 Å². The van der Waals surface area contributed by atoms with E-state index in [9.17, 15) is 9.59 Å². The standard InChI is InChI=1S/C21H30N4O2S/c1-24(2)12-17-23-20-19(15-10-6-7-11-16(15)28-20)21(27)25(17)13-18(26)22-14-8-4-3-5-9-14/h14H,3-13H2,1-2H3,(H,22,26). The van der Waals surface area contributed by atoms with Gasteiger partial charge in [0.2, 0.25) is 5.91 Å². The Kier molecular flexibility index (Phi) is 5.83. The summed E-state index contributed by atoms with van der Waals surface area (Å²) in [4.78, 5) is 35.1. The second-order valence-electron chi connectivity index (χ2n) is 8.45. The number of amides is 1. The van der Waals surface area contributed by atoms with Crippen molar-refractivity contribution in [2.24, 2.45) is 0 Å². The van der Waals surface area contributed by atoms with Crippen molar-refractivity contribution < 1.29 is 4.79 Å². The van der Waals surface area contributed by atoms with Gasteiger partial charge in [-0.15, -0.1) is 11.3 Å². The van der Waals surface area contributed by atoms with Crippen molar-refractivity contribution >= 4 is 27.5 Å². The molecule has 4 rings (SSSR count). The van der Waals surface area contributed by atoms with E-state index in [-0.39, 0.29) is 24.1 Å². The van der Waals surface area contributed by atoms with E-state index < -0.39 is 0 Å². The van der Waals surface area contributed by atoms with Crippen LogP contribution in [0.5, 0.6) is 0 Å². The van der Waals surface area contributed by atoms with Crippen molar-refractivity contribution in [1.29, 1.82) is 0 Å². The number of fused-ring (bicyclic) bond motifs is 3. The molecule has 0 bridgehead atoms. The molecule has 2 heterocycles. The molecule has 1 saturated carbocycles. The lowest BCUT2D eigenvalue weighted by atomic mass is 9.95. The molecule has 1 amide bonds. The lowest BCUT2D eigenvalue weighted by Gasteiger charge is -2.23. The van der Waals surface area contributed by atoms with Crippen molar-refractivity contribution in [2.75, 3.05) is 14.1 Å². The molecule has 2 aromatic rings. The Morgan fingerprint density at radius 1 is 1.18 bits per heavy atom. The average molecular weight is 403 g/mol. The Morgan fingerprint density at radius 3 is 2.68 bits per heavy atom. The average Bonchev–Trinajstić information content (AvgIpc) is 3.03. The maximum absolute atomic E-state index is 13.4. The van der Waals surface area contributed by atoms with E-state index in [0.717, 1.165) is 42.3 Å². The highest BCUT2D eigenvalue weighted by molar-refractivity contribution is 7.18. The van der Waals surface area contributed by atoms with E-state index in [1.165, 1.54) is 36.1 Å². The molecule has 7 heteroatoms. The number of nitrogens with zero attached hydrogens (tertiary/aromatic N) is 3. The van der Waals surface area contributed by atoms with Crippen LogP contribution in [0.3, 0.4) is 0 Å². The summed E-state index contributed by atoms with van der Waals surface area (Å²) in [6, 6.07) is 0.250. The first-order chi connectivity index (χ1) is 13.5. The predicted molar refractivity (Wildman–Crippen MR) is 113 cm³/mol. The Hall–Kier alpha value is -1.73. The Morgan fingerprint density at radius 2 is 1.93 bits per heavy atom. The zero-order valence-electron chi connectivity index (χ0n) is 16.9. The van der Waals surface area contributed by atoms with E-state index in [1.807, 2.05) is 19.0 Å². The van der Waals surface area contributed by atoms with Crippen molar-refractivity contribution in [3.05, 3.63) is 26.6 Å². The first-order valence-electron chi connectivity index (χ1n) is 10.5. The van der Waals surface area contributed by atoms with Crippen LogP contribution in [0.4, 0.5) is 0 Å². The highest BCUT2D eigenvalue weighted by Gasteiger charge is 2.24. The fourth-order valence-corrected chi connectivity index (χ4v) is 5.78. The van der Waals surface area contributed by atoms with Gasteiger partial charge in [0.1, 0.15) is 17.2 Å². The number of aryl methyl sites for hydroxylation is 2. The van der Waals surface area contributed by atoms with Crippen molar-refractivity contribution in [2.45, 2.75) is 76.9 Å². The molecule has 1 fully saturated rings. The van der Waals surface area contributed by atoms with Crippen LogP contribution in [-0.4, -0.2) is 40.5 Å². The molecule has 28 heavy (non-hydrogen) atoms. The fraction of sp³-hybridized carbons (Fsp3) is 0.667. The molecule has 0 aromatic carbocycles. The first-order valence-corrected chi connectivity index (χ1v) is 11.3. The number of hydrogen-bond acceptors (Lipinski definition) is 5. The van der Waals surface area contributed by atoms with Crippen LogP contribution in [0, 0.1) is 0 Å². The van der Waals surface area contributed by atoms with E-state index >= 15 is 0 Å². The largest absolute Gasteiger partial charge is 0.352 e. The first kappa shape index (κ1) is 19.6. The van der Waals surface area contributed by atoms with Crippen LogP contribution in [0.25, 0.3) is 10.2 Å². The summed E-state index contributed by atoms with van der Waals surface area (Å²) < 4.78 is 1.61. The molecule has 2 aliphatic carbocycles. The van der Waals surface area contributed by atoms with Gasteiger partial charge in [0.25, 0.3) is 5.56 Å². The van der Waals surface area contributed by atoms with Crippen LogP contribution in [0.2, 0.25) is 0 Å². The van der Waals surface area contributed by atoms with Gasteiger partial charge in [0.05, 0.1) is 11.9 Å². The summed E-state index contributed by atoms with van der Waals surface area (Å²) in [5.41, 5.74) is 1.14. The molecule has 1 N–H and O–H groups in total. The molecule has 0 radical (unpaired) electrons. The van der Waals surface area contributed by atoms with E-state index in [0.29, 0.717) is 12.4 Å². The highest BCUT2D eigenvalue weighted by Crippen LogP contribution is 2.33. The van der Waals surface area contributed by atoms with Gasteiger partial charge in [-0.25, -0.2) is 4.98 Å². The topological polar surface area (TPSA) is 67.2 Å². The van der Waals surface area contributed by atoms with Crippen LogP contribution >= 0.6 is 11.3 Å². The highest BCUT2D eigenvalue weighted by atomic mass is 32.1. The fourth-order valence-electron chi connectivity index (χ4n) is 4.51. The van der Waals surface area contributed by atoms with Gasteiger partial charge >= 0.3 is 0 Å². The Bertz CT molecular complexity index is 925. The zero-order chi connectivity index (χ0) is 19.7. The normalized spacial score (nSPS) is 17.8. The van der Waals surface area contributed by atoms with Gasteiger partial charge < -0.3 is 10.2 Å². The molecular weight excluding hydrogens is 372 g/mol. The van der Waals surface area contributed by atoms with E-state index in [4.69, 9.17) is 4.98 Å². The Balaban J connectivity index is 1.68. The van der Waals surface area contributed by atoms with Crippen LogP contribution in [-0.2, 0) is 30.7 Å². The summed E-state index contributed by atoms with van der Waals surface area (Å²) in [6.07, 6.45) is 9.98. The minimum atomic E-state index is -0.0701. The second kappa shape index (κ2) is 8.33. The summed E-state index contributed by atoms with van der Waals surface area (Å²) in [7, 11) is 3.92. The number of thiophene rings is 1. The summed E-state index contributed by atoms with van der Waals surface area (Å²) in [6.45, 7) is 0.608. The third-order valence-electron chi connectivity index (χ3n) is 5.88. The van der Waals surface area contributed by atoms with Gasteiger partial charge in [-0.2, -0.15) is 0 Å². The van der Waals surface area contributed by atoms with Gasteiger partial charge in [0, 0.05) is 10.9 Å². The zero-order valence-corrected chi connectivity index (χ0v) is 17.7. The SMILES string of the molecule is CN(C)Cc1nc2sc3c(c2c(=O)n1CC(=O)NC1CCCCC1)CCCC3. The predicted octanol–water partition coefficient (Wildman–Crippen LogP) is 2.85. The molecule has 152 valence electrons. The van der Waals surface area contributed by atoms with Gasteiger partial charge in [0.15, 0.2) is 0 Å². The van der Waals surface area contributed by atoms with Crippen LogP contribution in [0.15, 0.2) is 4.79 Å². The number of carbonyl (C=O) groups is 1. The van der Waals surface area contributed by atoms with Crippen LogP contribution in [0.1, 0.15) is 61.2 Å². The molecule has 2 aliphatic rings. The minimum Gasteiger partial charge on any atom is -0.352 e. The van der Waals surface area contributed by atoms with Crippen LogP contribution < -0.4 is 10.9 Å². The molecule has 6 nitrogen and oxygen atoms in total. The van der Waals surface area contributed by atoms with Gasteiger partial charge in [-0.3, -0.25) is 14.2 Å². The number of nitrogens with one attached hydrogen (secondary N) is 1. The van der Waals surface area contributed by atoms with Crippen molar-refractivity contribution in [1.82, 2.24) is 19.8 Å². The molecule has 0 atom stereocenters.